The van der Waals surface area contributed by atoms with Gasteiger partial charge < -0.3 is 9.22 Å². The molecule has 0 aliphatic rings. The van der Waals surface area contributed by atoms with Crippen molar-refractivity contribution in [1.82, 2.24) is 4.72 Å². The fraction of sp³-hybridized carbons (Fsp3) is 0.562. The van der Waals surface area contributed by atoms with Crippen LogP contribution in [-0.2, 0) is 19.2 Å². The summed E-state index contributed by atoms with van der Waals surface area (Å²) in [5.74, 6) is 0. The molecule has 0 aromatic heterocycles. The number of benzene rings is 1. The molecule has 1 N–H and O–H groups in total. The Balaban J connectivity index is 2.78. The molecule has 1 rings (SSSR count). The molecule has 0 radical (unpaired) electrons. The lowest BCUT2D eigenvalue weighted by Gasteiger charge is -2.38. The van der Waals surface area contributed by atoms with Crippen LogP contribution in [0.15, 0.2) is 29.2 Å². The molecule has 7 heteroatoms. The zero-order valence-electron chi connectivity index (χ0n) is 14.7. The Morgan fingerprint density at radius 2 is 1.74 bits per heavy atom. The quantitative estimate of drug-likeness (QED) is 0.601. The third-order valence-corrected chi connectivity index (χ3v) is 10.2. The van der Waals surface area contributed by atoms with E-state index < -0.39 is 24.4 Å². The van der Waals surface area contributed by atoms with Crippen LogP contribution in [0.3, 0.4) is 0 Å². The van der Waals surface area contributed by atoms with Crippen LogP contribution in [-0.4, -0.2) is 35.7 Å². The molecule has 0 aliphatic carbocycles. The number of aryl methyl sites for hydroxylation is 1. The third kappa shape index (κ3) is 5.52. The maximum absolute atomic E-state index is 12.3. The van der Waals surface area contributed by atoms with E-state index in [0.717, 1.165) is 5.56 Å². The molecule has 0 fully saturated rings. The second kappa shape index (κ2) is 7.25. The molecule has 0 amide bonds. The third-order valence-electron chi connectivity index (χ3n) is 4.21. The zero-order valence-corrected chi connectivity index (χ0v) is 16.5. The predicted molar refractivity (Wildman–Crippen MR) is 94.5 cm³/mol. The fourth-order valence-electron chi connectivity index (χ4n) is 1.67. The first-order chi connectivity index (χ1) is 10.4. The molecule has 0 heterocycles. The van der Waals surface area contributed by atoms with Gasteiger partial charge in [0.15, 0.2) is 8.32 Å². The number of carbonyl (C=O) groups excluding carboxylic acids is 1. The molecule has 5 nitrogen and oxygen atoms in total. The van der Waals surface area contributed by atoms with Crippen molar-refractivity contribution in [2.45, 2.75) is 56.8 Å². The van der Waals surface area contributed by atoms with Gasteiger partial charge in [0, 0.05) is 6.54 Å². The van der Waals surface area contributed by atoms with E-state index in [1.165, 1.54) is 0 Å². The highest BCUT2D eigenvalue weighted by Gasteiger charge is 2.39. The monoisotopic (exact) mass is 357 g/mol. The minimum absolute atomic E-state index is 0.0515. The van der Waals surface area contributed by atoms with Gasteiger partial charge in [0.2, 0.25) is 10.0 Å². The standard InChI is InChI=1S/C16H27NO4SSi/c1-13-7-9-15(10-8-13)22(19,20)17-11-14(12-18)21-23(5,6)16(2,3)4/h7-10,12,14,17H,11H2,1-6H3. The summed E-state index contributed by atoms with van der Waals surface area (Å²) in [4.78, 5) is 11.5. The lowest BCUT2D eigenvalue weighted by Crippen LogP contribution is -2.47. The maximum Gasteiger partial charge on any atom is 0.240 e. The molecule has 1 atom stereocenters. The van der Waals surface area contributed by atoms with Gasteiger partial charge in [0.05, 0.1) is 4.90 Å². The van der Waals surface area contributed by atoms with Crippen molar-refractivity contribution in [3.8, 4) is 0 Å². The lowest BCUT2D eigenvalue weighted by molar-refractivity contribution is -0.113. The molecule has 0 bridgehead atoms. The minimum Gasteiger partial charge on any atom is -0.406 e. The van der Waals surface area contributed by atoms with Crippen molar-refractivity contribution in [2.75, 3.05) is 6.54 Å². The Morgan fingerprint density at radius 3 is 2.17 bits per heavy atom. The summed E-state index contributed by atoms with van der Waals surface area (Å²) in [5.41, 5.74) is 0.982. The zero-order chi connectivity index (χ0) is 17.9. The van der Waals surface area contributed by atoms with Crippen LogP contribution in [0.5, 0.6) is 0 Å². The lowest BCUT2D eigenvalue weighted by atomic mass is 10.2. The Labute approximate surface area is 140 Å². The maximum atomic E-state index is 12.3. The fourth-order valence-corrected chi connectivity index (χ4v) is 3.96. The van der Waals surface area contributed by atoms with E-state index in [9.17, 15) is 13.2 Å². The highest BCUT2D eigenvalue weighted by atomic mass is 32.2. The van der Waals surface area contributed by atoms with Crippen LogP contribution in [0.4, 0.5) is 0 Å². The summed E-state index contributed by atoms with van der Waals surface area (Å²) in [7, 11) is -5.78. The molecule has 0 spiro atoms. The second-order valence-electron chi connectivity index (χ2n) is 7.22. The largest absolute Gasteiger partial charge is 0.406 e. The van der Waals surface area contributed by atoms with E-state index in [1.54, 1.807) is 24.3 Å². The summed E-state index contributed by atoms with van der Waals surface area (Å²) in [5, 5.41) is -0.0515. The number of aldehydes is 1. The Bertz CT molecular complexity index is 633. The van der Waals surface area contributed by atoms with Crippen LogP contribution < -0.4 is 4.72 Å². The van der Waals surface area contributed by atoms with Crippen molar-refractivity contribution in [3.63, 3.8) is 0 Å². The summed E-state index contributed by atoms with van der Waals surface area (Å²) < 4.78 is 32.9. The number of hydrogen-bond donors (Lipinski definition) is 1. The van der Waals surface area contributed by atoms with Gasteiger partial charge in [-0.25, -0.2) is 13.1 Å². The van der Waals surface area contributed by atoms with Crippen LogP contribution in [0.25, 0.3) is 0 Å². The van der Waals surface area contributed by atoms with Gasteiger partial charge in [-0.1, -0.05) is 38.5 Å². The van der Waals surface area contributed by atoms with Crippen molar-refractivity contribution in [1.29, 1.82) is 0 Å². The summed E-state index contributed by atoms with van der Waals surface area (Å²) in [6.07, 6.45) is -0.117. The summed E-state index contributed by atoms with van der Waals surface area (Å²) >= 11 is 0. The molecule has 0 saturated carbocycles. The molecule has 23 heavy (non-hydrogen) atoms. The predicted octanol–water partition coefficient (Wildman–Crippen LogP) is 2.86. The molecular formula is C16H27NO4SSi. The van der Waals surface area contributed by atoms with Gasteiger partial charge in [0.1, 0.15) is 12.4 Å². The number of hydrogen-bond acceptors (Lipinski definition) is 4. The van der Waals surface area contributed by atoms with Crippen LogP contribution in [0, 0.1) is 6.92 Å². The molecule has 130 valence electrons. The first-order valence-corrected chi connectivity index (χ1v) is 12.0. The minimum atomic E-state index is -3.65. The highest BCUT2D eigenvalue weighted by Crippen LogP contribution is 2.37. The van der Waals surface area contributed by atoms with Gasteiger partial charge in [0.25, 0.3) is 0 Å². The highest BCUT2D eigenvalue weighted by molar-refractivity contribution is 7.89. The Kier molecular flexibility index (Phi) is 6.31. The molecular weight excluding hydrogens is 330 g/mol. The van der Waals surface area contributed by atoms with Gasteiger partial charge in [-0.2, -0.15) is 0 Å². The van der Waals surface area contributed by atoms with E-state index in [2.05, 4.69) is 25.5 Å². The van der Waals surface area contributed by atoms with Crippen molar-refractivity contribution in [2.24, 2.45) is 0 Å². The van der Waals surface area contributed by atoms with Gasteiger partial charge >= 0.3 is 0 Å². The number of rotatable bonds is 7. The van der Waals surface area contributed by atoms with Gasteiger partial charge in [-0.15, -0.1) is 0 Å². The first-order valence-electron chi connectivity index (χ1n) is 7.58. The number of carbonyl (C=O) groups is 1. The van der Waals surface area contributed by atoms with Crippen LogP contribution in [0.1, 0.15) is 26.3 Å². The normalized spacial score (nSPS) is 14.5. The average molecular weight is 358 g/mol. The molecule has 1 aromatic rings. The van der Waals surface area contributed by atoms with Crippen molar-refractivity contribution >= 4 is 24.6 Å². The van der Waals surface area contributed by atoms with E-state index in [-0.39, 0.29) is 16.5 Å². The van der Waals surface area contributed by atoms with E-state index in [0.29, 0.717) is 6.29 Å². The summed E-state index contributed by atoms with van der Waals surface area (Å²) in [6, 6.07) is 6.56. The Hall–Kier alpha value is -1.02. The molecule has 0 aliphatic heterocycles. The topological polar surface area (TPSA) is 72.5 Å². The van der Waals surface area contributed by atoms with Gasteiger partial charge in [-0.05, 0) is 37.2 Å². The molecule has 0 saturated heterocycles. The van der Waals surface area contributed by atoms with E-state index >= 15 is 0 Å². The van der Waals surface area contributed by atoms with Crippen molar-refractivity contribution < 1.29 is 17.6 Å². The van der Waals surface area contributed by atoms with Crippen molar-refractivity contribution in [3.05, 3.63) is 29.8 Å². The Morgan fingerprint density at radius 1 is 1.22 bits per heavy atom. The molecule has 1 unspecified atom stereocenters. The average Bonchev–Trinajstić information content (AvgIpc) is 2.42. The molecule has 1 aromatic carbocycles. The van der Waals surface area contributed by atoms with Gasteiger partial charge in [-0.3, -0.25) is 0 Å². The van der Waals surface area contributed by atoms with Crippen LogP contribution in [0.2, 0.25) is 18.1 Å². The second-order valence-corrected chi connectivity index (χ2v) is 13.7. The smallest absolute Gasteiger partial charge is 0.240 e. The SMILES string of the molecule is Cc1ccc(S(=O)(=O)NCC(C=O)O[Si](C)(C)C(C)(C)C)cc1. The number of nitrogens with one attached hydrogen (secondary N) is 1. The van der Waals surface area contributed by atoms with Crippen LogP contribution >= 0.6 is 0 Å². The van der Waals surface area contributed by atoms with E-state index in [4.69, 9.17) is 4.43 Å². The number of sulfonamides is 1. The van der Waals surface area contributed by atoms with E-state index in [1.807, 2.05) is 20.0 Å². The first kappa shape index (κ1) is 20.0. The summed E-state index contributed by atoms with van der Waals surface area (Å²) in [6.45, 7) is 12.1.